The summed E-state index contributed by atoms with van der Waals surface area (Å²) in [6, 6.07) is 11.2. The van der Waals surface area contributed by atoms with Crippen molar-refractivity contribution in [2.24, 2.45) is 5.92 Å². The number of pyridine rings is 1. The number of hydrogen-bond acceptors (Lipinski definition) is 8. The number of nitrogens with zero attached hydrogens (tertiary/aromatic N) is 6. The number of alkyl halides is 3. The molecule has 2 atom stereocenters. The molecule has 0 saturated carbocycles. The Morgan fingerprint density at radius 3 is 2.64 bits per heavy atom. The molecule has 0 unspecified atom stereocenters. The number of piperidine rings is 1. The predicted molar refractivity (Wildman–Crippen MR) is 131 cm³/mol. The lowest BCUT2D eigenvalue weighted by Gasteiger charge is -2.33. The third kappa shape index (κ3) is 5.99. The Labute approximate surface area is 220 Å². The summed E-state index contributed by atoms with van der Waals surface area (Å²) in [4.78, 5) is 25.1. The maximum atomic E-state index is 14.0. The summed E-state index contributed by atoms with van der Waals surface area (Å²) >= 11 is 0. The van der Waals surface area contributed by atoms with Gasteiger partial charge in [-0.05, 0) is 43.0 Å². The first-order valence-corrected chi connectivity index (χ1v) is 12.3. The fourth-order valence-electron chi connectivity index (χ4n) is 4.82. The number of aliphatic hydroxyl groups excluding tert-OH is 1. The second-order valence-corrected chi connectivity index (χ2v) is 9.42. The molecule has 2 N–H and O–H groups in total. The largest absolute Gasteiger partial charge is 0.481 e. The second kappa shape index (κ2) is 10.9. The molecule has 1 aliphatic heterocycles. The van der Waals surface area contributed by atoms with Crippen molar-refractivity contribution in [2.75, 3.05) is 19.6 Å². The van der Waals surface area contributed by atoms with E-state index in [-0.39, 0.29) is 24.0 Å². The lowest BCUT2D eigenvalue weighted by Crippen LogP contribution is -2.38. The summed E-state index contributed by atoms with van der Waals surface area (Å²) in [5.74, 6) is -1.04. The summed E-state index contributed by atoms with van der Waals surface area (Å²) in [6.45, 7) is 1.76. The average Bonchev–Trinajstić information content (AvgIpc) is 3.57. The average molecular weight is 543 g/mol. The quantitative estimate of drug-likeness (QED) is 0.336. The summed E-state index contributed by atoms with van der Waals surface area (Å²) in [5.41, 5.74) is -0.477. The van der Waals surface area contributed by atoms with Gasteiger partial charge in [-0.15, -0.1) is 0 Å². The highest BCUT2D eigenvalue weighted by Gasteiger charge is 2.41. The van der Waals surface area contributed by atoms with Crippen molar-refractivity contribution < 1.29 is 32.7 Å². The number of rotatable bonds is 8. The fourth-order valence-corrected chi connectivity index (χ4v) is 4.82. The van der Waals surface area contributed by atoms with Gasteiger partial charge in [0.25, 0.3) is 5.89 Å². The summed E-state index contributed by atoms with van der Waals surface area (Å²) < 4.78 is 47.9. The van der Waals surface area contributed by atoms with Gasteiger partial charge in [0.1, 0.15) is 12.1 Å². The van der Waals surface area contributed by atoms with Crippen LogP contribution in [0.4, 0.5) is 13.2 Å². The third-order valence-electron chi connectivity index (χ3n) is 6.61. The van der Waals surface area contributed by atoms with E-state index in [1.807, 2.05) is 0 Å². The summed E-state index contributed by atoms with van der Waals surface area (Å²) in [5, 5.41) is 23.6. The molecular weight excluding hydrogens is 517 g/mol. The van der Waals surface area contributed by atoms with E-state index in [1.54, 1.807) is 36.4 Å². The number of carboxylic acid groups (broad SMARTS) is 1. The van der Waals surface area contributed by atoms with E-state index in [0.29, 0.717) is 24.2 Å². The minimum atomic E-state index is -4.77. The molecule has 10 nitrogen and oxygen atoms in total. The number of carboxylic acids is 1. The van der Waals surface area contributed by atoms with Crippen molar-refractivity contribution in [3.8, 4) is 28.8 Å². The number of benzene rings is 1. The number of β-amino-alcohol motifs (C(OH)–C–C–N with tert-alkyl or cyclic N) is 1. The van der Waals surface area contributed by atoms with Crippen LogP contribution in [0, 0.1) is 5.92 Å². The van der Waals surface area contributed by atoms with Crippen molar-refractivity contribution in [3.05, 3.63) is 66.2 Å². The summed E-state index contributed by atoms with van der Waals surface area (Å²) in [6.07, 6.45) is -1.34. The number of aliphatic carboxylic acids is 1. The van der Waals surface area contributed by atoms with E-state index in [1.165, 1.54) is 12.3 Å². The maximum absolute atomic E-state index is 14.0. The molecule has 1 aromatic carbocycles. The molecule has 4 aromatic rings. The topological polar surface area (TPSA) is 130 Å². The van der Waals surface area contributed by atoms with Crippen molar-refractivity contribution >= 4 is 5.97 Å². The lowest BCUT2D eigenvalue weighted by atomic mass is 9.94. The van der Waals surface area contributed by atoms with Gasteiger partial charge >= 0.3 is 12.1 Å². The zero-order chi connectivity index (χ0) is 27.6. The highest BCUT2D eigenvalue weighted by molar-refractivity contribution is 5.67. The molecule has 5 rings (SSSR count). The minimum Gasteiger partial charge on any atom is -0.481 e. The number of likely N-dealkylation sites (tertiary alicyclic amines) is 1. The van der Waals surface area contributed by atoms with Crippen LogP contribution in [0.2, 0.25) is 0 Å². The number of aromatic nitrogens is 5. The molecule has 1 saturated heterocycles. The Morgan fingerprint density at radius 1 is 1.15 bits per heavy atom. The van der Waals surface area contributed by atoms with Gasteiger partial charge in [0, 0.05) is 31.3 Å². The Bertz CT molecular complexity index is 1420. The van der Waals surface area contributed by atoms with E-state index in [2.05, 4.69) is 25.0 Å². The molecule has 1 aliphatic rings. The summed E-state index contributed by atoms with van der Waals surface area (Å²) in [7, 11) is 0. The van der Waals surface area contributed by atoms with Crippen LogP contribution in [0.5, 0.6) is 0 Å². The Morgan fingerprint density at radius 2 is 1.95 bits per heavy atom. The highest BCUT2D eigenvalue weighted by Crippen LogP contribution is 2.37. The van der Waals surface area contributed by atoms with Crippen LogP contribution in [0.15, 0.2) is 59.5 Å². The van der Waals surface area contributed by atoms with Gasteiger partial charge in [-0.2, -0.15) is 18.2 Å². The molecule has 13 heteroatoms. The molecule has 0 aliphatic carbocycles. The van der Waals surface area contributed by atoms with Gasteiger partial charge in [0.05, 0.1) is 6.10 Å². The van der Waals surface area contributed by atoms with E-state index in [4.69, 9.17) is 9.63 Å². The Balaban J connectivity index is 1.31. The number of imidazole rings is 1. The van der Waals surface area contributed by atoms with Crippen molar-refractivity contribution in [1.29, 1.82) is 0 Å². The third-order valence-corrected chi connectivity index (χ3v) is 6.61. The molecule has 0 spiro atoms. The van der Waals surface area contributed by atoms with E-state index >= 15 is 0 Å². The van der Waals surface area contributed by atoms with E-state index in [0.717, 1.165) is 30.3 Å². The fraction of sp³-hybridized carbons (Fsp3) is 0.346. The van der Waals surface area contributed by atoms with Crippen LogP contribution in [-0.4, -0.2) is 65.4 Å². The van der Waals surface area contributed by atoms with Crippen LogP contribution in [-0.2, 0) is 11.0 Å². The van der Waals surface area contributed by atoms with Gasteiger partial charge < -0.3 is 19.6 Å². The number of halogens is 3. The van der Waals surface area contributed by atoms with Gasteiger partial charge in [-0.1, -0.05) is 35.5 Å². The smallest absolute Gasteiger partial charge is 0.434 e. The molecular formula is C26H25F3N6O4. The molecule has 0 amide bonds. The molecule has 4 heterocycles. The highest BCUT2D eigenvalue weighted by atomic mass is 19.4. The van der Waals surface area contributed by atoms with Gasteiger partial charge in [-0.3, -0.25) is 9.36 Å². The van der Waals surface area contributed by atoms with Crippen LogP contribution < -0.4 is 0 Å². The molecule has 0 radical (unpaired) electrons. The first kappa shape index (κ1) is 26.5. The van der Waals surface area contributed by atoms with Crippen LogP contribution >= 0.6 is 0 Å². The normalized spacial score (nSPS) is 17.3. The zero-order valence-corrected chi connectivity index (χ0v) is 20.6. The molecule has 204 valence electrons. The second-order valence-electron chi connectivity index (χ2n) is 9.42. The molecule has 3 aromatic heterocycles. The monoisotopic (exact) mass is 542 g/mol. The van der Waals surface area contributed by atoms with Crippen LogP contribution in [0.25, 0.3) is 28.8 Å². The Kier molecular flexibility index (Phi) is 7.44. The van der Waals surface area contributed by atoms with Gasteiger partial charge in [0.2, 0.25) is 5.82 Å². The van der Waals surface area contributed by atoms with Gasteiger partial charge in [-0.25, -0.2) is 9.97 Å². The maximum Gasteiger partial charge on any atom is 0.434 e. The van der Waals surface area contributed by atoms with Crippen LogP contribution in [0.3, 0.4) is 0 Å². The lowest BCUT2D eigenvalue weighted by molar-refractivity contribution is -0.142. The minimum absolute atomic E-state index is 0.0411. The molecule has 0 bridgehead atoms. The van der Waals surface area contributed by atoms with Crippen molar-refractivity contribution in [3.63, 3.8) is 0 Å². The van der Waals surface area contributed by atoms with E-state index in [9.17, 15) is 23.1 Å². The number of hydrogen-bond donors (Lipinski definition) is 2. The zero-order valence-electron chi connectivity index (χ0n) is 20.6. The molecule has 39 heavy (non-hydrogen) atoms. The molecule has 1 fully saturated rings. The van der Waals surface area contributed by atoms with Crippen molar-refractivity contribution in [2.45, 2.75) is 31.5 Å². The van der Waals surface area contributed by atoms with Crippen LogP contribution in [0.1, 0.15) is 36.6 Å². The van der Waals surface area contributed by atoms with Gasteiger partial charge in [0.15, 0.2) is 11.4 Å². The first-order valence-electron chi connectivity index (χ1n) is 12.3. The Hall–Kier alpha value is -4.10. The predicted octanol–water partition coefficient (Wildman–Crippen LogP) is 4.22. The standard InChI is InChI=1S/C26H25F3N6O4/c27-26(28,29)23-22(31-15-35(23)20-5-1-2-10-30-20)25-32-24(33-39-25)18-8-6-17(7-9-18)19(36)14-34-11-3-4-16(13-34)12-21(37)38/h1-2,5-10,15-16,19,36H,3-4,11-14H2,(H,37,38)/t16-,19-/m1/s1. The van der Waals surface area contributed by atoms with Crippen molar-refractivity contribution in [1.82, 2.24) is 29.6 Å². The number of aliphatic hydroxyl groups is 1. The first-order chi connectivity index (χ1) is 18.7. The van der Waals surface area contributed by atoms with E-state index < -0.39 is 35.5 Å². The number of carbonyl (C=O) groups is 1. The SMILES string of the molecule is O=C(O)C[C@H]1CCCN(C[C@@H](O)c2ccc(-c3noc(-c4ncn(-c5ccccn5)c4C(F)(F)F)n3)cc2)C1.